The lowest BCUT2D eigenvalue weighted by atomic mass is 10.0. The summed E-state index contributed by atoms with van der Waals surface area (Å²) < 4.78 is 0. The van der Waals surface area contributed by atoms with E-state index in [4.69, 9.17) is 5.73 Å². The maximum absolute atomic E-state index is 12.3. The van der Waals surface area contributed by atoms with Crippen LogP contribution in [0.3, 0.4) is 0 Å². The molecule has 5 nitrogen and oxygen atoms in total. The number of benzene rings is 2. The van der Waals surface area contributed by atoms with Gasteiger partial charge < -0.3 is 5.73 Å². The lowest BCUT2D eigenvalue weighted by molar-refractivity contribution is -0.119. The Kier molecular flexibility index (Phi) is 6.01. The molecule has 0 saturated carbocycles. The molecule has 0 atom stereocenters. The number of hydrogen-bond acceptors (Lipinski definition) is 4. The molecule has 0 aliphatic carbocycles. The van der Waals surface area contributed by atoms with Gasteiger partial charge in [0.25, 0.3) is 11.8 Å². The fourth-order valence-corrected chi connectivity index (χ4v) is 3.30. The molecule has 2 aromatic rings. The van der Waals surface area contributed by atoms with Gasteiger partial charge in [0, 0.05) is 25.1 Å². The van der Waals surface area contributed by atoms with E-state index < -0.39 is 0 Å². The van der Waals surface area contributed by atoms with Crippen LogP contribution in [-0.2, 0) is 11.2 Å². The minimum Gasteiger partial charge on any atom is -0.399 e. The normalized spacial score (nSPS) is 13.1. The minimum absolute atomic E-state index is 0.213. The molecule has 0 bridgehead atoms. The van der Waals surface area contributed by atoms with Crippen LogP contribution in [0.15, 0.2) is 48.5 Å². The number of rotatable bonds is 9. The summed E-state index contributed by atoms with van der Waals surface area (Å²) >= 11 is 0. The summed E-state index contributed by atoms with van der Waals surface area (Å²) in [6.45, 7) is 0.409. The molecule has 0 spiro atoms. The predicted molar refractivity (Wildman–Crippen MR) is 104 cm³/mol. The summed E-state index contributed by atoms with van der Waals surface area (Å²) in [6.07, 6.45) is 4.12. The fraction of sp³-hybridized carbons (Fsp3) is 0.318. The molecule has 1 heterocycles. The number of nitrogens with two attached hydrogens (primary N) is 1. The fourth-order valence-electron chi connectivity index (χ4n) is 3.30. The number of anilines is 1. The first-order valence-electron chi connectivity index (χ1n) is 9.37. The van der Waals surface area contributed by atoms with Crippen molar-refractivity contribution in [2.75, 3.05) is 12.3 Å². The topological polar surface area (TPSA) is 80.5 Å². The van der Waals surface area contributed by atoms with Crippen LogP contribution in [0.25, 0.3) is 0 Å². The summed E-state index contributed by atoms with van der Waals surface area (Å²) in [6, 6.07) is 14.5. The van der Waals surface area contributed by atoms with Gasteiger partial charge >= 0.3 is 0 Å². The zero-order chi connectivity index (χ0) is 19.2. The van der Waals surface area contributed by atoms with Crippen molar-refractivity contribution < 1.29 is 14.4 Å². The van der Waals surface area contributed by atoms with Crippen LogP contribution < -0.4 is 5.73 Å². The largest absolute Gasteiger partial charge is 0.399 e. The molecule has 1 aliphatic rings. The molecule has 5 heteroatoms. The number of fused-ring (bicyclic) bond motifs is 1. The molecule has 2 N–H and O–H groups in total. The van der Waals surface area contributed by atoms with Crippen LogP contribution in [0.5, 0.6) is 0 Å². The van der Waals surface area contributed by atoms with Crippen LogP contribution >= 0.6 is 0 Å². The van der Waals surface area contributed by atoms with Crippen molar-refractivity contribution >= 4 is 23.3 Å². The molecule has 3 rings (SSSR count). The lowest BCUT2D eigenvalue weighted by Crippen LogP contribution is -2.30. The number of carbonyl (C=O) groups is 3. The van der Waals surface area contributed by atoms with Crippen LogP contribution in [0.2, 0.25) is 0 Å². The smallest absolute Gasteiger partial charge is 0.261 e. The number of imide groups is 1. The van der Waals surface area contributed by atoms with E-state index in [9.17, 15) is 14.4 Å². The zero-order valence-electron chi connectivity index (χ0n) is 15.3. The van der Waals surface area contributed by atoms with E-state index in [2.05, 4.69) is 0 Å². The molecule has 0 aromatic heterocycles. The second-order valence-corrected chi connectivity index (χ2v) is 6.90. The molecule has 2 amide bonds. The minimum atomic E-state index is -0.213. The molecule has 0 fully saturated rings. The highest BCUT2D eigenvalue weighted by Crippen LogP contribution is 2.22. The highest BCUT2D eigenvalue weighted by Gasteiger charge is 2.34. The van der Waals surface area contributed by atoms with Gasteiger partial charge in [-0.15, -0.1) is 0 Å². The number of hydrogen-bond donors (Lipinski definition) is 1. The summed E-state index contributed by atoms with van der Waals surface area (Å²) in [5, 5.41) is 0. The van der Waals surface area contributed by atoms with Crippen molar-refractivity contribution in [2.24, 2.45) is 0 Å². The van der Waals surface area contributed by atoms with Crippen LogP contribution in [-0.4, -0.2) is 29.0 Å². The highest BCUT2D eigenvalue weighted by molar-refractivity contribution is 6.21. The SMILES string of the molecule is Nc1ccc(CCC(=O)CCCCCN2C(=O)c3ccccc3C2=O)cc1. The summed E-state index contributed by atoms with van der Waals surface area (Å²) in [4.78, 5) is 37.9. The van der Waals surface area contributed by atoms with Gasteiger partial charge in [0.05, 0.1) is 11.1 Å². The Balaban J connectivity index is 1.34. The molecule has 140 valence electrons. The van der Waals surface area contributed by atoms with Crippen LogP contribution in [0, 0.1) is 0 Å². The Hall–Kier alpha value is -2.95. The first-order valence-corrected chi connectivity index (χ1v) is 9.37. The zero-order valence-corrected chi connectivity index (χ0v) is 15.3. The number of nitrogen functional groups attached to an aromatic ring is 1. The van der Waals surface area contributed by atoms with E-state index in [0.717, 1.165) is 36.9 Å². The average molecular weight is 364 g/mol. The van der Waals surface area contributed by atoms with Gasteiger partial charge in [-0.05, 0) is 49.1 Å². The highest BCUT2D eigenvalue weighted by atomic mass is 16.2. The van der Waals surface area contributed by atoms with Gasteiger partial charge in [-0.1, -0.05) is 30.7 Å². The van der Waals surface area contributed by atoms with Crippen molar-refractivity contribution in [2.45, 2.75) is 38.5 Å². The average Bonchev–Trinajstić information content (AvgIpc) is 2.92. The van der Waals surface area contributed by atoms with Crippen LogP contribution in [0.4, 0.5) is 5.69 Å². The van der Waals surface area contributed by atoms with Gasteiger partial charge in [0.15, 0.2) is 0 Å². The second kappa shape index (κ2) is 8.62. The molecular formula is C22H24N2O3. The number of aryl methyl sites for hydroxylation is 1. The van der Waals surface area contributed by atoms with Crippen molar-refractivity contribution in [1.82, 2.24) is 4.90 Å². The quantitative estimate of drug-likeness (QED) is 0.419. The molecular weight excluding hydrogens is 340 g/mol. The molecule has 1 aliphatic heterocycles. The standard InChI is InChI=1S/C22H24N2O3/c23-17-12-9-16(10-13-17)11-14-18(25)6-2-1-5-15-24-21(26)19-7-3-4-8-20(19)22(24)27/h3-4,7-10,12-13H,1-2,5-6,11,14-15,23H2. The second-order valence-electron chi connectivity index (χ2n) is 6.90. The predicted octanol–water partition coefficient (Wildman–Crippen LogP) is 3.63. The van der Waals surface area contributed by atoms with Gasteiger partial charge in [-0.25, -0.2) is 0 Å². The Morgan fingerprint density at radius 1 is 0.815 bits per heavy atom. The Bertz CT molecular complexity index is 808. The molecule has 27 heavy (non-hydrogen) atoms. The monoisotopic (exact) mass is 364 g/mol. The first-order chi connectivity index (χ1) is 13.1. The molecule has 0 unspecified atom stereocenters. The number of Topliss-reactive ketones (excluding diaryl/α,β-unsaturated/α-hetero) is 1. The molecule has 0 radical (unpaired) electrons. The number of carbonyl (C=O) groups excluding carboxylic acids is 3. The summed E-state index contributed by atoms with van der Waals surface area (Å²) in [7, 11) is 0. The maximum atomic E-state index is 12.3. The van der Waals surface area contributed by atoms with Crippen molar-refractivity contribution in [3.8, 4) is 0 Å². The Labute approximate surface area is 159 Å². The third-order valence-electron chi connectivity index (χ3n) is 4.89. The Morgan fingerprint density at radius 2 is 1.44 bits per heavy atom. The van der Waals surface area contributed by atoms with E-state index in [1.165, 1.54) is 4.90 Å². The number of ketones is 1. The van der Waals surface area contributed by atoms with Crippen molar-refractivity contribution in [1.29, 1.82) is 0 Å². The third kappa shape index (κ3) is 4.61. The maximum Gasteiger partial charge on any atom is 0.261 e. The summed E-state index contributed by atoms with van der Waals surface area (Å²) in [5.74, 6) is -0.182. The van der Waals surface area contributed by atoms with E-state index in [-0.39, 0.29) is 17.6 Å². The number of unbranched alkanes of at least 4 members (excludes halogenated alkanes) is 2. The first kappa shape index (κ1) is 18.8. The van der Waals surface area contributed by atoms with E-state index in [0.29, 0.717) is 30.5 Å². The van der Waals surface area contributed by atoms with Gasteiger partial charge in [-0.2, -0.15) is 0 Å². The number of nitrogens with zero attached hydrogens (tertiary/aromatic N) is 1. The van der Waals surface area contributed by atoms with Gasteiger partial charge in [-0.3, -0.25) is 19.3 Å². The number of amides is 2. The summed E-state index contributed by atoms with van der Waals surface area (Å²) in [5.41, 5.74) is 8.46. The van der Waals surface area contributed by atoms with Gasteiger partial charge in [0.1, 0.15) is 5.78 Å². The third-order valence-corrected chi connectivity index (χ3v) is 4.89. The van der Waals surface area contributed by atoms with Crippen molar-refractivity contribution in [3.05, 3.63) is 65.2 Å². The van der Waals surface area contributed by atoms with Crippen LogP contribution in [0.1, 0.15) is 58.4 Å². The van der Waals surface area contributed by atoms with Gasteiger partial charge in [0.2, 0.25) is 0 Å². The van der Waals surface area contributed by atoms with E-state index in [1.54, 1.807) is 24.3 Å². The molecule has 2 aromatic carbocycles. The van der Waals surface area contributed by atoms with E-state index >= 15 is 0 Å². The molecule has 0 saturated heterocycles. The van der Waals surface area contributed by atoms with E-state index in [1.807, 2.05) is 24.3 Å². The lowest BCUT2D eigenvalue weighted by Gasteiger charge is -2.13. The Morgan fingerprint density at radius 3 is 2.07 bits per heavy atom. The van der Waals surface area contributed by atoms with Crippen molar-refractivity contribution in [3.63, 3.8) is 0 Å².